The van der Waals surface area contributed by atoms with Gasteiger partial charge < -0.3 is 4.74 Å². The van der Waals surface area contributed by atoms with Gasteiger partial charge in [-0.2, -0.15) is 0 Å². The van der Waals surface area contributed by atoms with Crippen LogP contribution in [0.2, 0.25) is 0 Å². The molecule has 0 amide bonds. The lowest BCUT2D eigenvalue weighted by Gasteiger charge is -2.08. The molecule has 0 atom stereocenters. The van der Waals surface area contributed by atoms with Gasteiger partial charge in [0.15, 0.2) is 0 Å². The van der Waals surface area contributed by atoms with Gasteiger partial charge in [-0.1, -0.05) is 5.11 Å². The van der Waals surface area contributed by atoms with Crippen molar-refractivity contribution in [2.45, 2.75) is 6.92 Å². The monoisotopic (exact) mass is 260 g/mol. The molecule has 0 saturated carbocycles. The highest BCUT2D eigenvalue weighted by atomic mass is 19.1. The number of aryl methyl sites for hydroxylation is 1. The van der Waals surface area contributed by atoms with Gasteiger partial charge in [0, 0.05) is 16.5 Å². The molecule has 0 aliphatic rings. The summed E-state index contributed by atoms with van der Waals surface area (Å²) in [6.07, 6.45) is 1.25. The van der Waals surface area contributed by atoms with E-state index in [4.69, 9.17) is 5.53 Å². The number of pyridine rings is 1. The summed E-state index contributed by atoms with van der Waals surface area (Å²) in [6.45, 7) is 1.68. The number of ether oxygens (including phenoxy) is 1. The molecule has 0 bridgehead atoms. The maximum Gasteiger partial charge on any atom is 0.339 e. The number of methoxy groups -OCH3 is 1. The maximum atomic E-state index is 13.5. The fourth-order valence-corrected chi connectivity index (χ4v) is 1.83. The van der Waals surface area contributed by atoms with E-state index >= 15 is 0 Å². The van der Waals surface area contributed by atoms with Crippen LogP contribution in [0, 0.1) is 12.7 Å². The van der Waals surface area contributed by atoms with Gasteiger partial charge >= 0.3 is 5.97 Å². The number of hydrogen-bond acceptors (Lipinski definition) is 4. The maximum absolute atomic E-state index is 13.5. The molecule has 19 heavy (non-hydrogen) atoms. The highest BCUT2D eigenvalue weighted by molar-refractivity contribution is 6.04. The van der Waals surface area contributed by atoms with E-state index in [1.54, 1.807) is 6.92 Å². The molecular weight excluding hydrogens is 251 g/mol. The van der Waals surface area contributed by atoms with E-state index < -0.39 is 11.8 Å². The van der Waals surface area contributed by atoms with Gasteiger partial charge in [-0.25, -0.2) is 9.18 Å². The molecule has 0 aliphatic heterocycles. The highest BCUT2D eigenvalue weighted by Crippen LogP contribution is 2.31. The largest absolute Gasteiger partial charge is 0.465 e. The fraction of sp³-hybridized carbons (Fsp3) is 0.167. The van der Waals surface area contributed by atoms with Crippen molar-refractivity contribution >= 4 is 22.6 Å². The third kappa shape index (κ3) is 2.19. The molecule has 0 radical (unpaired) electrons. The molecule has 1 aromatic heterocycles. The minimum absolute atomic E-state index is 0.00204. The summed E-state index contributed by atoms with van der Waals surface area (Å²) in [4.78, 5) is 18.3. The second kappa shape index (κ2) is 4.91. The van der Waals surface area contributed by atoms with Crippen LogP contribution in [-0.2, 0) is 4.74 Å². The topological polar surface area (TPSA) is 88.0 Å². The molecule has 2 aromatic rings. The zero-order chi connectivity index (χ0) is 14.0. The number of nitrogens with zero attached hydrogens (tertiary/aromatic N) is 4. The number of fused-ring (bicyclic) bond motifs is 1. The predicted octanol–water partition coefficient (Wildman–Crippen LogP) is 3.41. The first kappa shape index (κ1) is 12.8. The lowest BCUT2D eigenvalue weighted by Crippen LogP contribution is -2.03. The number of carbonyl (C=O) groups is 1. The summed E-state index contributed by atoms with van der Waals surface area (Å²) < 4.78 is 18.0. The highest BCUT2D eigenvalue weighted by Gasteiger charge is 2.16. The molecule has 1 aromatic carbocycles. The lowest BCUT2D eigenvalue weighted by molar-refractivity contribution is 0.0601. The van der Waals surface area contributed by atoms with Crippen LogP contribution in [0.3, 0.4) is 0 Å². The van der Waals surface area contributed by atoms with Crippen LogP contribution < -0.4 is 0 Å². The van der Waals surface area contributed by atoms with Crippen LogP contribution in [0.15, 0.2) is 23.4 Å². The zero-order valence-corrected chi connectivity index (χ0v) is 10.2. The fourth-order valence-electron chi connectivity index (χ4n) is 1.83. The van der Waals surface area contributed by atoms with E-state index in [2.05, 4.69) is 19.7 Å². The van der Waals surface area contributed by atoms with E-state index in [1.807, 2.05) is 0 Å². The van der Waals surface area contributed by atoms with E-state index in [9.17, 15) is 9.18 Å². The van der Waals surface area contributed by atoms with E-state index in [0.717, 1.165) is 0 Å². The van der Waals surface area contributed by atoms with Crippen LogP contribution in [0.4, 0.5) is 10.1 Å². The number of carbonyl (C=O) groups excluding carboxylic acids is 1. The molecule has 0 N–H and O–H groups in total. The average molecular weight is 260 g/mol. The predicted molar refractivity (Wildman–Crippen MR) is 66.6 cm³/mol. The first-order chi connectivity index (χ1) is 9.08. The van der Waals surface area contributed by atoms with Crippen molar-refractivity contribution in [3.8, 4) is 0 Å². The molecule has 1 heterocycles. The number of halogens is 1. The van der Waals surface area contributed by atoms with Crippen LogP contribution in [0.5, 0.6) is 0 Å². The Morgan fingerprint density at radius 3 is 2.89 bits per heavy atom. The normalized spacial score (nSPS) is 10.1. The van der Waals surface area contributed by atoms with Crippen molar-refractivity contribution < 1.29 is 13.9 Å². The average Bonchev–Trinajstić information content (AvgIpc) is 2.38. The second-order valence-electron chi connectivity index (χ2n) is 3.82. The Labute approximate surface area is 107 Å². The molecule has 2 rings (SSSR count). The second-order valence-corrected chi connectivity index (χ2v) is 3.82. The van der Waals surface area contributed by atoms with Crippen molar-refractivity contribution in [1.82, 2.24) is 4.98 Å². The Morgan fingerprint density at radius 2 is 2.26 bits per heavy atom. The number of hydrogen-bond donors (Lipinski definition) is 0. The molecule has 7 heteroatoms. The summed E-state index contributed by atoms with van der Waals surface area (Å²) in [7, 11) is 1.20. The summed E-state index contributed by atoms with van der Waals surface area (Å²) in [5.41, 5.74) is 9.66. The van der Waals surface area contributed by atoms with Gasteiger partial charge in [-0.15, -0.1) is 0 Å². The number of aromatic nitrogens is 1. The summed E-state index contributed by atoms with van der Waals surface area (Å²) >= 11 is 0. The van der Waals surface area contributed by atoms with Gasteiger partial charge in [-0.05, 0) is 30.2 Å². The molecule has 0 spiro atoms. The number of benzene rings is 1. The van der Waals surface area contributed by atoms with Crippen LogP contribution in [-0.4, -0.2) is 18.1 Å². The van der Waals surface area contributed by atoms with E-state index in [-0.39, 0.29) is 16.6 Å². The van der Waals surface area contributed by atoms with Gasteiger partial charge in [0.1, 0.15) is 5.82 Å². The van der Waals surface area contributed by atoms with Crippen molar-refractivity contribution in [2.24, 2.45) is 5.11 Å². The quantitative estimate of drug-likeness (QED) is 0.358. The number of azide groups is 1. The van der Waals surface area contributed by atoms with E-state index in [0.29, 0.717) is 11.1 Å². The van der Waals surface area contributed by atoms with Crippen LogP contribution in [0.25, 0.3) is 21.3 Å². The Kier molecular flexibility index (Phi) is 3.31. The Bertz CT molecular complexity index is 723. The summed E-state index contributed by atoms with van der Waals surface area (Å²) in [5, 5.41) is 3.74. The van der Waals surface area contributed by atoms with Crippen molar-refractivity contribution in [3.05, 3.63) is 45.7 Å². The number of esters is 1. The third-order valence-electron chi connectivity index (χ3n) is 2.65. The Balaban J connectivity index is 2.91. The van der Waals surface area contributed by atoms with Crippen LogP contribution >= 0.6 is 0 Å². The molecular formula is C12H9FN4O2. The Hall–Kier alpha value is -2.66. The molecule has 0 unspecified atom stereocenters. The summed E-state index contributed by atoms with van der Waals surface area (Å²) in [6, 6.07) is 2.48. The van der Waals surface area contributed by atoms with Crippen molar-refractivity contribution in [3.63, 3.8) is 0 Å². The molecule has 0 saturated heterocycles. The number of rotatable bonds is 2. The van der Waals surface area contributed by atoms with Gasteiger partial charge in [-0.3, -0.25) is 4.98 Å². The minimum atomic E-state index is -0.696. The zero-order valence-electron chi connectivity index (χ0n) is 10.2. The van der Waals surface area contributed by atoms with Gasteiger partial charge in [0.25, 0.3) is 0 Å². The lowest BCUT2D eigenvalue weighted by atomic mass is 10.1. The Morgan fingerprint density at radius 1 is 1.53 bits per heavy atom. The van der Waals surface area contributed by atoms with Gasteiger partial charge in [0.2, 0.25) is 0 Å². The standard InChI is InChI=1S/C12H9FN4O2/c1-6-3-7(13)4-8-10(6)15-5-9(12(18)19-2)11(8)16-17-14/h3-5H,1-2H3. The van der Waals surface area contributed by atoms with E-state index in [1.165, 1.54) is 25.4 Å². The molecule has 0 fully saturated rings. The van der Waals surface area contributed by atoms with Gasteiger partial charge in [0.05, 0.1) is 23.9 Å². The SMILES string of the molecule is COC(=O)c1cnc2c(C)cc(F)cc2c1N=[N+]=[N-]. The first-order valence-electron chi connectivity index (χ1n) is 5.30. The van der Waals surface area contributed by atoms with Crippen molar-refractivity contribution in [2.75, 3.05) is 7.11 Å². The minimum Gasteiger partial charge on any atom is -0.465 e. The van der Waals surface area contributed by atoms with Crippen molar-refractivity contribution in [1.29, 1.82) is 0 Å². The summed E-state index contributed by atoms with van der Waals surface area (Å²) in [5.74, 6) is -1.19. The first-order valence-corrected chi connectivity index (χ1v) is 5.30. The molecule has 6 nitrogen and oxygen atoms in total. The third-order valence-corrected chi connectivity index (χ3v) is 2.65. The smallest absolute Gasteiger partial charge is 0.339 e. The molecule has 96 valence electrons. The van der Waals surface area contributed by atoms with Crippen LogP contribution in [0.1, 0.15) is 15.9 Å². The molecule has 0 aliphatic carbocycles.